The van der Waals surface area contributed by atoms with Crippen molar-refractivity contribution in [2.75, 3.05) is 19.5 Å². The number of carbonyl (C=O) groups is 1. The number of benzene rings is 2. The Morgan fingerprint density at radius 2 is 1.96 bits per heavy atom. The number of non-ortho nitro benzene ring substituents is 1. The molecule has 0 heterocycles. The molecule has 0 unspecified atom stereocenters. The van der Waals surface area contributed by atoms with E-state index in [0.29, 0.717) is 22.7 Å². The summed E-state index contributed by atoms with van der Waals surface area (Å²) in [6, 6.07) is 10.9. The molecular formula is C17H16N2O5. The van der Waals surface area contributed by atoms with E-state index in [1.54, 1.807) is 37.5 Å². The lowest BCUT2D eigenvalue weighted by atomic mass is 10.1. The molecule has 2 aromatic carbocycles. The summed E-state index contributed by atoms with van der Waals surface area (Å²) in [5.74, 6) is 0.798. The monoisotopic (exact) mass is 328 g/mol. The van der Waals surface area contributed by atoms with Crippen molar-refractivity contribution in [3.63, 3.8) is 0 Å². The predicted octanol–water partition coefficient (Wildman–Crippen LogP) is 3.26. The highest BCUT2D eigenvalue weighted by molar-refractivity contribution is 6.02. The van der Waals surface area contributed by atoms with Crippen LogP contribution in [-0.2, 0) is 4.79 Å². The first-order valence-corrected chi connectivity index (χ1v) is 6.99. The van der Waals surface area contributed by atoms with E-state index in [1.165, 1.54) is 31.4 Å². The zero-order valence-corrected chi connectivity index (χ0v) is 13.2. The van der Waals surface area contributed by atoms with Crippen LogP contribution < -0.4 is 14.8 Å². The Kier molecular flexibility index (Phi) is 5.51. The summed E-state index contributed by atoms with van der Waals surface area (Å²) in [5, 5.41) is 13.3. The highest BCUT2D eigenvalue weighted by atomic mass is 16.6. The molecule has 2 rings (SSSR count). The fraction of sp³-hybridized carbons (Fsp3) is 0.118. The van der Waals surface area contributed by atoms with E-state index in [2.05, 4.69) is 5.32 Å². The Morgan fingerprint density at radius 3 is 2.62 bits per heavy atom. The van der Waals surface area contributed by atoms with Gasteiger partial charge in [-0.3, -0.25) is 14.9 Å². The molecule has 124 valence electrons. The van der Waals surface area contributed by atoms with Crippen LogP contribution in [0.3, 0.4) is 0 Å². The lowest BCUT2D eigenvalue weighted by molar-refractivity contribution is -0.384. The molecule has 24 heavy (non-hydrogen) atoms. The largest absolute Gasteiger partial charge is 0.497 e. The average Bonchev–Trinajstić information content (AvgIpc) is 2.60. The fourth-order valence-corrected chi connectivity index (χ4v) is 2.00. The van der Waals surface area contributed by atoms with Gasteiger partial charge >= 0.3 is 0 Å². The van der Waals surface area contributed by atoms with Crippen molar-refractivity contribution in [2.24, 2.45) is 0 Å². The minimum Gasteiger partial charge on any atom is -0.497 e. The molecule has 0 bridgehead atoms. The molecule has 0 fully saturated rings. The number of nitro benzene ring substituents is 1. The van der Waals surface area contributed by atoms with Crippen LogP contribution in [0.25, 0.3) is 6.08 Å². The lowest BCUT2D eigenvalue weighted by Gasteiger charge is -2.07. The molecule has 1 N–H and O–H groups in total. The number of anilines is 1. The molecule has 0 saturated heterocycles. The third-order valence-electron chi connectivity index (χ3n) is 3.18. The first-order chi connectivity index (χ1) is 11.5. The van der Waals surface area contributed by atoms with Gasteiger partial charge < -0.3 is 14.8 Å². The second-order valence-electron chi connectivity index (χ2n) is 4.74. The van der Waals surface area contributed by atoms with Gasteiger partial charge in [0.1, 0.15) is 11.5 Å². The summed E-state index contributed by atoms with van der Waals surface area (Å²) < 4.78 is 10.4. The van der Waals surface area contributed by atoms with Gasteiger partial charge in [-0.05, 0) is 24.3 Å². The number of hydrogen-bond acceptors (Lipinski definition) is 5. The summed E-state index contributed by atoms with van der Waals surface area (Å²) >= 11 is 0. The van der Waals surface area contributed by atoms with Gasteiger partial charge in [0.25, 0.3) is 5.69 Å². The maximum absolute atomic E-state index is 12.0. The van der Waals surface area contributed by atoms with Gasteiger partial charge in [-0.15, -0.1) is 0 Å². The summed E-state index contributed by atoms with van der Waals surface area (Å²) in [4.78, 5) is 22.2. The van der Waals surface area contributed by atoms with E-state index < -0.39 is 10.8 Å². The number of amides is 1. The van der Waals surface area contributed by atoms with Crippen molar-refractivity contribution < 1.29 is 19.2 Å². The normalized spacial score (nSPS) is 10.4. The van der Waals surface area contributed by atoms with Crippen LogP contribution in [0.15, 0.2) is 48.5 Å². The Labute approximate surface area is 138 Å². The number of carbonyl (C=O) groups excluding carboxylic acids is 1. The third kappa shape index (κ3) is 4.33. The molecule has 1 amide bonds. The summed E-state index contributed by atoms with van der Waals surface area (Å²) in [7, 11) is 3.08. The van der Waals surface area contributed by atoms with Crippen molar-refractivity contribution in [3.05, 3.63) is 64.2 Å². The number of hydrogen-bond donors (Lipinski definition) is 1. The standard InChI is InChI=1S/C17H16N2O5/c1-23-15-8-6-12(16(11-15)24-2)7-9-17(20)18-13-4-3-5-14(10-13)19(21)22/h3-11H,1-2H3,(H,18,20). The number of nitrogens with one attached hydrogen (secondary N) is 1. The highest BCUT2D eigenvalue weighted by Crippen LogP contribution is 2.25. The zero-order valence-electron chi connectivity index (χ0n) is 13.2. The molecular weight excluding hydrogens is 312 g/mol. The topological polar surface area (TPSA) is 90.7 Å². The SMILES string of the molecule is COc1ccc(C=CC(=O)Nc2cccc([N+](=O)[O-])c2)c(OC)c1. The Bertz CT molecular complexity index is 786. The van der Waals surface area contributed by atoms with Crippen LogP contribution in [0.5, 0.6) is 11.5 Å². The molecule has 0 saturated carbocycles. The molecule has 0 atom stereocenters. The van der Waals surface area contributed by atoms with Crippen LogP contribution in [0.2, 0.25) is 0 Å². The number of nitro groups is 1. The molecule has 0 aromatic heterocycles. The summed E-state index contributed by atoms with van der Waals surface area (Å²) in [6.07, 6.45) is 2.91. The zero-order chi connectivity index (χ0) is 17.5. The van der Waals surface area contributed by atoms with E-state index in [0.717, 1.165) is 0 Å². The van der Waals surface area contributed by atoms with Crippen molar-refractivity contribution in [1.82, 2.24) is 0 Å². The Hall–Kier alpha value is -3.35. The van der Waals surface area contributed by atoms with E-state index in [9.17, 15) is 14.9 Å². The van der Waals surface area contributed by atoms with Gasteiger partial charge in [0.15, 0.2) is 0 Å². The van der Waals surface area contributed by atoms with E-state index in [4.69, 9.17) is 9.47 Å². The Morgan fingerprint density at radius 1 is 1.17 bits per heavy atom. The maximum Gasteiger partial charge on any atom is 0.271 e. The van der Waals surface area contributed by atoms with Crippen molar-refractivity contribution in [2.45, 2.75) is 0 Å². The minimum atomic E-state index is -0.520. The molecule has 0 aliphatic heterocycles. The van der Waals surface area contributed by atoms with Gasteiger partial charge in [0.2, 0.25) is 5.91 Å². The number of ether oxygens (including phenoxy) is 2. The molecule has 7 heteroatoms. The van der Waals surface area contributed by atoms with Crippen molar-refractivity contribution >= 4 is 23.4 Å². The highest BCUT2D eigenvalue weighted by Gasteiger charge is 2.07. The third-order valence-corrected chi connectivity index (χ3v) is 3.18. The van der Waals surface area contributed by atoms with Gasteiger partial charge in [-0.25, -0.2) is 0 Å². The molecule has 0 aliphatic rings. The summed E-state index contributed by atoms with van der Waals surface area (Å²) in [6.45, 7) is 0. The van der Waals surface area contributed by atoms with E-state index in [1.807, 2.05) is 0 Å². The fourth-order valence-electron chi connectivity index (χ4n) is 2.00. The molecule has 0 radical (unpaired) electrons. The van der Waals surface area contributed by atoms with Crippen molar-refractivity contribution in [3.8, 4) is 11.5 Å². The molecule has 2 aromatic rings. The molecule has 0 spiro atoms. The predicted molar refractivity (Wildman–Crippen MR) is 90.3 cm³/mol. The van der Waals surface area contributed by atoms with Crippen LogP contribution >= 0.6 is 0 Å². The first kappa shape index (κ1) is 17.0. The van der Waals surface area contributed by atoms with Gasteiger partial charge in [0.05, 0.1) is 19.1 Å². The second-order valence-corrected chi connectivity index (χ2v) is 4.74. The van der Waals surface area contributed by atoms with Crippen molar-refractivity contribution in [1.29, 1.82) is 0 Å². The summed E-state index contributed by atoms with van der Waals surface area (Å²) in [5.41, 5.74) is 0.960. The molecule has 7 nitrogen and oxygen atoms in total. The second kappa shape index (κ2) is 7.77. The number of rotatable bonds is 6. The maximum atomic E-state index is 12.0. The Balaban J connectivity index is 2.11. The first-order valence-electron chi connectivity index (χ1n) is 6.99. The van der Waals surface area contributed by atoms with E-state index in [-0.39, 0.29) is 5.69 Å². The lowest BCUT2D eigenvalue weighted by Crippen LogP contribution is -2.07. The number of nitrogens with zero attached hydrogens (tertiary/aromatic N) is 1. The molecule has 0 aliphatic carbocycles. The van der Waals surface area contributed by atoms with Crippen LogP contribution in [0.1, 0.15) is 5.56 Å². The van der Waals surface area contributed by atoms with E-state index >= 15 is 0 Å². The number of methoxy groups -OCH3 is 2. The smallest absolute Gasteiger partial charge is 0.271 e. The van der Waals surface area contributed by atoms with Gasteiger partial charge in [0, 0.05) is 35.5 Å². The average molecular weight is 328 g/mol. The van der Waals surface area contributed by atoms with Crippen LogP contribution in [0, 0.1) is 10.1 Å². The van der Waals surface area contributed by atoms with Gasteiger partial charge in [-0.2, -0.15) is 0 Å². The van der Waals surface area contributed by atoms with Crippen LogP contribution in [0.4, 0.5) is 11.4 Å². The van der Waals surface area contributed by atoms with Gasteiger partial charge in [-0.1, -0.05) is 6.07 Å². The minimum absolute atomic E-state index is 0.0893. The quantitative estimate of drug-likeness (QED) is 0.499. The van der Waals surface area contributed by atoms with Crippen LogP contribution in [-0.4, -0.2) is 25.1 Å².